The summed E-state index contributed by atoms with van der Waals surface area (Å²) in [7, 11) is -4.17. The number of halogens is 4. The average Bonchev–Trinajstić information content (AvgIpc) is 2.99. The van der Waals surface area contributed by atoms with E-state index in [4.69, 9.17) is 11.6 Å². The molecule has 2 N–H and O–H groups in total. The van der Waals surface area contributed by atoms with Gasteiger partial charge in [-0.25, -0.2) is 8.42 Å². The molecule has 0 aliphatic carbocycles. The number of nitrogens with one attached hydrogen (secondary N) is 2. The Bertz CT molecular complexity index is 1020. The van der Waals surface area contributed by atoms with Crippen molar-refractivity contribution in [2.24, 2.45) is 0 Å². The lowest BCUT2D eigenvalue weighted by Gasteiger charge is -2.11. The van der Waals surface area contributed by atoms with Crippen molar-refractivity contribution in [1.82, 2.24) is 15.2 Å². The fraction of sp³-hybridized carbons (Fsp3) is 0.0667. The average molecular weight is 403 g/mol. The molecule has 0 bridgehead atoms. The number of sulfonamides is 1. The zero-order chi connectivity index (χ0) is 18.9. The molecule has 3 aromatic rings. The molecule has 0 atom stereocenters. The fourth-order valence-corrected chi connectivity index (χ4v) is 3.31. The van der Waals surface area contributed by atoms with E-state index in [0.717, 1.165) is 6.20 Å². The summed E-state index contributed by atoms with van der Waals surface area (Å²) >= 11 is 5.76. The number of alkyl halides is 3. The second-order valence-electron chi connectivity index (χ2n) is 5.12. The predicted molar refractivity (Wildman–Crippen MR) is 89.1 cm³/mol. The van der Waals surface area contributed by atoms with Crippen molar-refractivity contribution in [3.63, 3.8) is 0 Å². The van der Waals surface area contributed by atoms with Crippen molar-refractivity contribution < 1.29 is 21.6 Å². The highest BCUT2D eigenvalue weighted by atomic mass is 35.5. The van der Waals surface area contributed by atoms with Crippen LogP contribution in [-0.2, 0) is 16.2 Å². The van der Waals surface area contributed by atoms with Crippen molar-refractivity contribution in [3.05, 3.63) is 59.5 Å². The van der Waals surface area contributed by atoms with E-state index in [2.05, 4.69) is 14.8 Å². The molecule has 0 aliphatic heterocycles. The second-order valence-corrected chi connectivity index (χ2v) is 7.24. The Hall–Kier alpha value is -2.59. The molecule has 1 aromatic carbocycles. The maximum absolute atomic E-state index is 13.3. The number of anilines is 1. The van der Waals surface area contributed by atoms with Crippen molar-refractivity contribution in [3.8, 4) is 11.1 Å². The molecule has 26 heavy (non-hydrogen) atoms. The van der Waals surface area contributed by atoms with Crippen LogP contribution >= 0.6 is 11.6 Å². The first-order chi connectivity index (χ1) is 12.2. The highest BCUT2D eigenvalue weighted by Gasteiger charge is 2.38. The first-order valence-electron chi connectivity index (χ1n) is 7.03. The SMILES string of the molecule is O=S(=O)(Nc1n[nH]c(C(F)(F)F)c1-c1ccc(Cl)cc1)c1cccnc1. The highest BCUT2D eigenvalue weighted by molar-refractivity contribution is 7.92. The van der Waals surface area contributed by atoms with Crippen LogP contribution in [0, 0.1) is 0 Å². The van der Waals surface area contributed by atoms with E-state index in [0.29, 0.717) is 5.02 Å². The lowest BCUT2D eigenvalue weighted by atomic mass is 10.1. The van der Waals surface area contributed by atoms with E-state index in [-0.39, 0.29) is 10.5 Å². The van der Waals surface area contributed by atoms with E-state index in [9.17, 15) is 21.6 Å². The topological polar surface area (TPSA) is 87.7 Å². The molecule has 0 fully saturated rings. The molecule has 3 rings (SSSR count). The normalized spacial score (nSPS) is 12.2. The van der Waals surface area contributed by atoms with Crippen LogP contribution in [0.15, 0.2) is 53.7 Å². The Labute approximate surface area is 151 Å². The highest BCUT2D eigenvalue weighted by Crippen LogP contribution is 2.40. The summed E-state index contributed by atoms with van der Waals surface area (Å²) in [5.41, 5.74) is -1.51. The van der Waals surface area contributed by atoms with Gasteiger partial charge in [-0.1, -0.05) is 23.7 Å². The van der Waals surface area contributed by atoms with Gasteiger partial charge in [0.25, 0.3) is 10.0 Å². The number of aromatic amines is 1. The first kappa shape index (κ1) is 18.2. The number of aromatic nitrogens is 3. The van der Waals surface area contributed by atoms with Crippen LogP contribution in [0.2, 0.25) is 5.02 Å². The van der Waals surface area contributed by atoms with Crippen molar-refractivity contribution in [1.29, 1.82) is 0 Å². The summed E-state index contributed by atoms with van der Waals surface area (Å²) in [6.45, 7) is 0. The number of pyridine rings is 1. The third kappa shape index (κ3) is 3.65. The molecule has 136 valence electrons. The summed E-state index contributed by atoms with van der Waals surface area (Å²) < 4.78 is 66.7. The van der Waals surface area contributed by atoms with E-state index in [1.54, 1.807) is 0 Å². The Kier molecular flexibility index (Phi) is 4.63. The summed E-state index contributed by atoms with van der Waals surface area (Å²) in [5, 5.41) is 5.68. The van der Waals surface area contributed by atoms with Crippen LogP contribution in [-0.4, -0.2) is 23.6 Å². The first-order valence-corrected chi connectivity index (χ1v) is 8.89. The molecule has 11 heteroatoms. The van der Waals surface area contributed by atoms with Gasteiger partial charge in [0.1, 0.15) is 10.6 Å². The van der Waals surface area contributed by atoms with Gasteiger partial charge in [-0.15, -0.1) is 0 Å². The van der Waals surface area contributed by atoms with Crippen LogP contribution in [0.5, 0.6) is 0 Å². The van der Waals surface area contributed by atoms with Crippen LogP contribution in [0.3, 0.4) is 0 Å². The Morgan fingerprint density at radius 3 is 2.38 bits per heavy atom. The third-order valence-electron chi connectivity index (χ3n) is 3.36. The van der Waals surface area contributed by atoms with Gasteiger partial charge in [0, 0.05) is 17.4 Å². The van der Waals surface area contributed by atoms with Crippen molar-refractivity contribution in [2.75, 3.05) is 4.72 Å². The minimum absolute atomic E-state index is 0.0966. The van der Waals surface area contributed by atoms with Gasteiger partial charge < -0.3 is 0 Å². The fourth-order valence-electron chi connectivity index (χ4n) is 2.21. The zero-order valence-corrected chi connectivity index (χ0v) is 14.3. The van der Waals surface area contributed by atoms with Gasteiger partial charge >= 0.3 is 6.18 Å². The molecule has 2 aromatic heterocycles. The number of H-pyrrole nitrogens is 1. The maximum atomic E-state index is 13.3. The van der Waals surface area contributed by atoms with Gasteiger partial charge in [-0.05, 0) is 29.8 Å². The number of benzene rings is 1. The van der Waals surface area contributed by atoms with E-state index < -0.39 is 33.3 Å². The third-order valence-corrected chi connectivity index (χ3v) is 4.93. The van der Waals surface area contributed by atoms with Gasteiger partial charge in [-0.3, -0.25) is 14.8 Å². The molecule has 6 nitrogen and oxygen atoms in total. The van der Waals surface area contributed by atoms with Crippen LogP contribution in [0.25, 0.3) is 11.1 Å². The quantitative estimate of drug-likeness (QED) is 0.691. The monoisotopic (exact) mass is 402 g/mol. The molecule has 0 amide bonds. The second kappa shape index (κ2) is 6.61. The van der Waals surface area contributed by atoms with Gasteiger partial charge in [0.05, 0.1) is 5.56 Å². The molecular formula is C15H10ClF3N4O2S. The van der Waals surface area contributed by atoms with Gasteiger partial charge in [-0.2, -0.15) is 18.3 Å². The molecule has 0 spiro atoms. The number of nitrogens with zero attached hydrogens (tertiary/aromatic N) is 2. The Balaban J connectivity index is 2.11. The maximum Gasteiger partial charge on any atom is 0.433 e. The van der Waals surface area contributed by atoms with Crippen LogP contribution in [0.4, 0.5) is 19.0 Å². The zero-order valence-electron chi connectivity index (χ0n) is 12.7. The smallest absolute Gasteiger partial charge is 0.271 e. The summed E-state index contributed by atoms with van der Waals surface area (Å²) in [5.74, 6) is -0.483. The van der Waals surface area contributed by atoms with Crippen LogP contribution in [0.1, 0.15) is 5.69 Å². The minimum atomic E-state index is -4.76. The Morgan fingerprint density at radius 2 is 1.81 bits per heavy atom. The standard InChI is InChI=1S/C15H10ClF3N4O2S/c16-10-5-3-9(4-6-10)12-13(15(17,18)19)21-22-14(12)23-26(24,25)11-2-1-7-20-8-11/h1-8H,(H2,21,22,23). The van der Waals surface area contributed by atoms with E-state index in [1.807, 2.05) is 5.10 Å². The Morgan fingerprint density at radius 1 is 1.12 bits per heavy atom. The summed E-state index contributed by atoms with van der Waals surface area (Å²) in [6, 6.07) is 8.11. The molecule has 0 unspecified atom stereocenters. The lowest BCUT2D eigenvalue weighted by Crippen LogP contribution is -2.14. The number of hydrogen-bond acceptors (Lipinski definition) is 4. The van der Waals surface area contributed by atoms with E-state index in [1.165, 1.54) is 42.6 Å². The predicted octanol–water partition coefficient (Wildman–Crippen LogP) is 3.94. The largest absolute Gasteiger partial charge is 0.433 e. The van der Waals surface area contributed by atoms with Gasteiger partial charge in [0.15, 0.2) is 5.82 Å². The number of rotatable bonds is 4. The molecule has 2 heterocycles. The number of hydrogen-bond donors (Lipinski definition) is 2. The molecule has 0 saturated carbocycles. The van der Waals surface area contributed by atoms with Crippen molar-refractivity contribution >= 4 is 27.4 Å². The summed E-state index contributed by atoms with van der Waals surface area (Å²) in [4.78, 5) is 3.48. The molecule has 0 saturated heterocycles. The summed E-state index contributed by atoms with van der Waals surface area (Å²) in [6.07, 6.45) is -2.32. The molecule has 0 aliphatic rings. The molecule has 0 radical (unpaired) electrons. The van der Waals surface area contributed by atoms with Gasteiger partial charge in [0.2, 0.25) is 0 Å². The molecular weight excluding hydrogens is 393 g/mol. The minimum Gasteiger partial charge on any atom is -0.271 e. The lowest BCUT2D eigenvalue weighted by molar-refractivity contribution is -0.140. The van der Waals surface area contributed by atoms with E-state index >= 15 is 0 Å². The van der Waals surface area contributed by atoms with Crippen molar-refractivity contribution in [2.45, 2.75) is 11.1 Å². The van der Waals surface area contributed by atoms with Crippen LogP contribution < -0.4 is 4.72 Å².